The van der Waals surface area contributed by atoms with Crippen molar-refractivity contribution in [3.05, 3.63) is 150 Å². The molecule has 0 saturated carbocycles. The number of allylic oxidation sites excluding steroid dienone is 5. The lowest BCUT2D eigenvalue weighted by Gasteiger charge is -2.43. The summed E-state index contributed by atoms with van der Waals surface area (Å²) in [7, 11) is 0. The van der Waals surface area contributed by atoms with Gasteiger partial charge in [-0.1, -0.05) is 147 Å². The number of benzene rings is 3. The molecule has 1 saturated heterocycles. The summed E-state index contributed by atoms with van der Waals surface area (Å²) in [4.78, 5) is 72.4. The van der Waals surface area contributed by atoms with E-state index >= 15 is 0 Å². The summed E-state index contributed by atoms with van der Waals surface area (Å²) >= 11 is 0. The van der Waals surface area contributed by atoms with Crippen LogP contribution in [0, 0.1) is 59.1 Å². The average Bonchev–Trinajstić information content (AvgIpc) is 1.56. The predicted molar refractivity (Wildman–Crippen MR) is 380 cm³/mol. The third-order valence-electron chi connectivity index (χ3n) is 20.3. The number of hydrogen-bond donors (Lipinski definition) is 9. The fraction of sp³-hybridized carbons (Fsp3) is 0.550. The molecule has 20 heteroatoms. The maximum Gasteiger partial charge on any atom is 0.308 e. The van der Waals surface area contributed by atoms with Crippen LogP contribution in [0.5, 0.6) is 0 Å². The first-order valence-electron chi connectivity index (χ1n) is 35.9. The van der Waals surface area contributed by atoms with Gasteiger partial charge in [-0.2, -0.15) is 0 Å². The zero-order valence-corrected chi connectivity index (χ0v) is 59.4. The van der Waals surface area contributed by atoms with E-state index in [2.05, 4.69) is 50.4 Å². The Bertz CT molecular complexity index is 3470. The summed E-state index contributed by atoms with van der Waals surface area (Å²) in [5.74, 6) is -2.49. The van der Waals surface area contributed by atoms with Crippen LogP contribution >= 0.6 is 0 Å². The number of para-hydroxylation sites is 1. The lowest BCUT2D eigenvalue weighted by Crippen LogP contribution is -2.43. The molecule has 546 valence electrons. The zero-order valence-electron chi connectivity index (χ0n) is 59.4. The number of aromatic nitrogens is 1. The lowest BCUT2D eigenvalue weighted by atomic mass is 9.65. The van der Waals surface area contributed by atoms with Crippen molar-refractivity contribution >= 4 is 41.4 Å². The van der Waals surface area contributed by atoms with Crippen molar-refractivity contribution in [3.8, 4) is 22.4 Å². The molecule has 18 atom stereocenters. The minimum absolute atomic E-state index is 0.0156. The Balaban J connectivity index is 0.000000215. The van der Waals surface area contributed by atoms with Crippen molar-refractivity contribution in [1.29, 1.82) is 0 Å². The third kappa shape index (κ3) is 22.5. The normalized spacial score (nSPS) is 25.6. The minimum Gasteiger partial charge on any atom is -0.481 e. The highest BCUT2D eigenvalue weighted by Gasteiger charge is 2.44. The Hall–Kier alpha value is -7.59. The molecule has 1 aliphatic heterocycles. The first kappa shape index (κ1) is 79.7. The number of carbonyl (C=O) groups excluding carboxylic acids is 4. The molecule has 9 rings (SSSR count). The topological polar surface area (TPSA) is 309 Å². The van der Waals surface area contributed by atoms with Gasteiger partial charge in [0.25, 0.3) is 5.91 Å². The van der Waals surface area contributed by atoms with Gasteiger partial charge in [-0.05, 0) is 158 Å². The van der Waals surface area contributed by atoms with Crippen LogP contribution in [-0.4, -0.2) is 136 Å². The number of cyclic esters (lactones) is 1. The highest BCUT2D eigenvalue weighted by atomic mass is 19.1. The van der Waals surface area contributed by atoms with Crippen molar-refractivity contribution in [3.63, 3.8) is 0 Å². The van der Waals surface area contributed by atoms with Crippen molar-refractivity contribution in [2.75, 3.05) is 5.32 Å². The molecular weight excluding hydrogens is 1280 g/mol. The summed E-state index contributed by atoms with van der Waals surface area (Å²) in [5.41, 5.74) is 7.00. The fourth-order valence-corrected chi connectivity index (χ4v) is 14.8. The number of halogens is 1. The summed E-state index contributed by atoms with van der Waals surface area (Å²) in [5, 5.41) is 81.7. The third-order valence-corrected chi connectivity index (χ3v) is 20.3. The Morgan fingerprint density at radius 3 is 1.69 bits per heavy atom. The number of carboxylic acid groups (broad SMARTS) is 2. The first-order chi connectivity index (χ1) is 47.5. The van der Waals surface area contributed by atoms with Crippen LogP contribution in [0.15, 0.2) is 133 Å². The molecule has 100 heavy (non-hydrogen) atoms. The van der Waals surface area contributed by atoms with Crippen molar-refractivity contribution in [2.45, 2.75) is 226 Å². The number of nitrogens with one attached hydrogen (secondary N) is 1. The van der Waals surface area contributed by atoms with E-state index in [1.807, 2.05) is 119 Å². The summed E-state index contributed by atoms with van der Waals surface area (Å²) in [6, 6.07) is 24.8. The van der Waals surface area contributed by atoms with Crippen LogP contribution in [-0.2, 0) is 44.7 Å². The molecule has 9 N–H and O–H groups in total. The van der Waals surface area contributed by atoms with Crippen molar-refractivity contribution < 1.29 is 88.2 Å². The second kappa shape index (κ2) is 37.9. The van der Waals surface area contributed by atoms with E-state index < -0.39 is 61.1 Å². The van der Waals surface area contributed by atoms with E-state index in [9.17, 15) is 63.8 Å². The SMILES string of the molecule is CC(C)c1c(C(=O)Nc2ccccc2)c(-c2ccccc2)c(-c2ccc(F)cc2)n1CC[C@@H](O)C[C@@H](O)CC(=O)O.CC[C@H](C)C(=O)O[C@H]1C[C@@H](C)C=C2C=C[C@@H](C)[C@H](CCC3C[C@@H](O)CC(=O)O3)C21.CC[C@H](C)C(=O)O[C@H]1C[C@H](O)C=C2C=C[C@@H](C)[C@H](CC[C@@H](O)C[C@@H](O)CC(=O)O)C21. The molecule has 0 bridgehead atoms. The van der Waals surface area contributed by atoms with Gasteiger partial charge in [-0.25, -0.2) is 4.39 Å². The van der Waals surface area contributed by atoms with Crippen LogP contribution < -0.4 is 5.32 Å². The summed E-state index contributed by atoms with van der Waals surface area (Å²) in [6.07, 6.45) is 11.8. The Labute approximate surface area is 588 Å². The molecule has 0 radical (unpaired) electrons. The van der Waals surface area contributed by atoms with Crippen LogP contribution in [0.1, 0.15) is 181 Å². The Morgan fingerprint density at radius 1 is 0.640 bits per heavy atom. The lowest BCUT2D eigenvalue weighted by molar-refractivity contribution is -0.162. The number of amides is 1. The molecular formula is C80H107FN2O17. The summed E-state index contributed by atoms with van der Waals surface area (Å²) < 4.78 is 33.3. The van der Waals surface area contributed by atoms with E-state index in [0.717, 1.165) is 42.5 Å². The predicted octanol–water partition coefficient (Wildman–Crippen LogP) is 12.9. The Morgan fingerprint density at radius 2 is 1.16 bits per heavy atom. The van der Waals surface area contributed by atoms with Gasteiger partial charge in [0.15, 0.2) is 0 Å². The van der Waals surface area contributed by atoms with Crippen molar-refractivity contribution in [2.24, 2.45) is 53.3 Å². The highest BCUT2D eigenvalue weighted by Crippen LogP contribution is 2.48. The zero-order chi connectivity index (χ0) is 73.1. The van der Waals surface area contributed by atoms with E-state index in [0.29, 0.717) is 77.9 Å². The Kier molecular flexibility index (Phi) is 30.2. The molecule has 0 spiro atoms. The number of aliphatic carboxylic acids is 2. The number of nitrogens with zero attached hydrogens (tertiary/aromatic N) is 1. The van der Waals surface area contributed by atoms with Crippen LogP contribution in [0.25, 0.3) is 22.4 Å². The number of aliphatic hydroxyl groups is 6. The molecule has 2 heterocycles. The van der Waals surface area contributed by atoms with Gasteiger partial charge in [0.05, 0.1) is 79.0 Å². The first-order valence-corrected chi connectivity index (χ1v) is 35.9. The van der Waals surface area contributed by atoms with Crippen molar-refractivity contribution in [1.82, 2.24) is 4.57 Å². The number of fused-ring (bicyclic) bond motifs is 2. The molecule has 5 aliphatic rings. The molecule has 4 aromatic rings. The number of hydrogen-bond acceptors (Lipinski definition) is 15. The minimum atomic E-state index is -1.18. The number of rotatable bonds is 28. The largest absolute Gasteiger partial charge is 0.481 e. The van der Waals surface area contributed by atoms with Gasteiger partial charge >= 0.3 is 29.8 Å². The second-order valence-electron chi connectivity index (χ2n) is 28.6. The van der Waals surface area contributed by atoms with E-state index in [4.69, 9.17) is 24.4 Å². The van der Waals surface area contributed by atoms with Crippen LogP contribution in [0.2, 0.25) is 0 Å². The second-order valence-corrected chi connectivity index (χ2v) is 28.6. The quantitative estimate of drug-likeness (QED) is 0.0188. The van der Waals surface area contributed by atoms with Gasteiger partial charge in [-0.3, -0.25) is 28.8 Å². The van der Waals surface area contributed by atoms with Gasteiger partial charge < -0.3 is 64.9 Å². The van der Waals surface area contributed by atoms with E-state index in [-0.39, 0.29) is 122 Å². The molecule has 3 aromatic carbocycles. The maximum atomic E-state index is 14.0. The molecule has 3 unspecified atom stereocenters. The number of aliphatic hydroxyl groups excluding tert-OH is 6. The monoisotopic (exact) mass is 1390 g/mol. The van der Waals surface area contributed by atoms with Gasteiger partial charge in [0.2, 0.25) is 0 Å². The average molecular weight is 1390 g/mol. The fourth-order valence-electron chi connectivity index (χ4n) is 14.8. The van der Waals surface area contributed by atoms with Crippen LogP contribution in [0.4, 0.5) is 10.1 Å². The van der Waals surface area contributed by atoms with E-state index in [1.54, 1.807) is 12.1 Å². The highest BCUT2D eigenvalue weighted by molar-refractivity contribution is 6.12. The maximum absolute atomic E-state index is 14.0. The number of ether oxygens (including phenoxy) is 3. The number of anilines is 1. The summed E-state index contributed by atoms with van der Waals surface area (Å²) in [6.45, 7) is 18.4. The molecule has 1 fully saturated rings. The van der Waals surface area contributed by atoms with Gasteiger partial charge in [0.1, 0.15) is 24.1 Å². The van der Waals surface area contributed by atoms with Gasteiger partial charge in [-0.15, -0.1) is 0 Å². The van der Waals surface area contributed by atoms with Gasteiger partial charge in [0, 0.05) is 48.2 Å². The molecule has 19 nitrogen and oxygen atoms in total. The number of carbonyl (C=O) groups is 6. The smallest absolute Gasteiger partial charge is 0.308 e. The molecule has 1 amide bonds. The molecule has 1 aromatic heterocycles. The number of carboxylic acids is 2. The molecule has 4 aliphatic carbocycles. The number of esters is 3. The standard InChI is InChI=1S/C33H35FN2O5.C24H36O5.C23H36O7/c1-21(2)31-30(33(41)35-25-11-7-4-8-12-25)29(22-9-5-3-6-10-22)32(23-13-15-24(34)16-14-23)36(31)18-17-26(37)19-27(38)20-28(39)40;1-5-15(3)24(27)29-21-11-14(2)10-17-7-6-16(4)20(23(17)21)9-8-19-12-18(25)13-22(26)28-19;1-4-13(2)23(29)30-20-11-17(25)9-15-6-5-14(3)19(22(15)20)8-7-16(24)10-18(26)12-21(27)28/h3-16,21,26-27,37-38H,17-20H2,1-2H3,(H,35,41)(H,39,40);6-7,10,14-16,18-21,23,25H,5,8-9,11-13H2,1-4H3;5-6,9,13-14,16-20,22,24-26H,4,7-8,10-12H2,1-3H3,(H,27,28)/t26-,27-;14-,15-,16+,18+,19?,20-,21-,23?;13-,14+,16+,17+,18+,19-,20-,22?/m100/s1. The van der Waals surface area contributed by atoms with Crippen LogP contribution in [0.3, 0.4) is 0 Å². The van der Waals surface area contributed by atoms with E-state index in [1.165, 1.54) is 17.7 Å².